The van der Waals surface area contributed by atoms with E-state index < -0.39 is 0 Å². The molecule has 0 unspecified atom stereocenters. The minimum absolute atomic E-state index is 0.000392. The first-order chi connectivity index (χ1) is 8.77. The Morgan fingerprint density at radius 1 is 1.11 bits per heavy atom. The molecule has 1 aromatic rings. The van der Waals surface area contributed by atoms with Crippen molar-refractivity contribution in [2.45, 2.75) is 57.7 Å². The average molecular weight is 260 g/mol. The van der Waals surface area contributed by atoms with Crippen molar-refractivity contribution in [1.29, 1.82) is 0 Å². The fraction of sp³-hybridized carbons (Fsp3) is 0.562. The summed E-state index contributed by atoms with van der Waals surface area (Å²) in [4.78, 5) is 0. The van der Waals surface area contributed by atoms with Crippen molar-refractivity contribution >= 4 is 6.21 Å². The maximum Gasteiger partial charge on any atom is 0.182 e. The van der Waals surface area contributed by atoms with Crippen LogP contribution in [0.5, 0.6) is 0 Å². The summed E-state index contributed by atoms with van der Waals surface area (Å²) in [7, 11) is 0. The molecule has 3 heteroatoms. The van der Waals surface area contributed by atoms with E-state index in [1.807, 2.05) is 30.3 Å². The molecule has 2 rings (SSSR count). The summed E-state index contributed by atoms with van der Waals surface area (Å²) in [6.07, 6.45) is 3.44. The van der Waals surface area contributed by atoms with E-state index >= 15 is 0 Å². The SMILES string of the molecule is CC1(C)CC([N+]([O-])=Cc2ccccc2)CC(C)(C)N1. The Balaban J connectivity index is 2.19. The zero-order valence-corrected chi connectivity index (χ0v) is 12.3. The van der Waals surface area contributed by atoms with Crippen LogP contribution in [0.25, 0.3) is 0 Å². The lowest BCUT2D eigenvalue weighted by atomic mass is 9.80. The van der Waals surface area contributed by atoms with Gasteiger partial charge >= 0.3 is 0 Å². The van der Waals surface area contributed by atoms with Gasteiger partial charge in [0.05, 0.1) is 0 Å². The van der Waals surface area contributed by atoms with Crippen molar-refractivity contribution in [3.05, 3.63) is 41.1 Å². The number of piperidine rings is 1. The van der Waals surface area contributed by atoms with E-state index in [9.17, 15) is 5.21 Å². The molecule has 0 radical (unpaired) electrons. The molecule has 19 heavy (non-hydrogen) atoms. The fourth-order valence-corrected chi connectivity index (χ4v) is 3.24. The van der Waals surface area contributed by atoms with Crippen molar-refractivity contribution in [3.8, 4) is 0 Å². The van der Waals surface area contributed by atoms with Crippen LogP contribution in [-0.4, -0.2) is 28.1 Å². The van der Waals surface area contributed by atoms with Gasteiger partial charge in [-0.3, -0.25) is 0 Å². The number of hydroxylamine groups is 1. The molecule has 1 heterocycles. The highest BCUT2D eigenvalue weighted by Gasteiger charge is 2.41. The molecule has 1 aliphatic rings. The predicted molar refractivity (Wildman–Crippen MR) is 79.6 cm³/mol. The summed E-state index contributed by atoms with van der Waals surface area (Å²) in [6.45, 7) is 8.66. The quantitative estimate of drug-likeness (QED) is 0.384. The number of benzene rings is 1. The Hall–Kier alpha value is -1.35. The maximum atomic E-state index is 12.4. The van der Waals surface area contributed by atoms with Crippen molar-refractivity contribution in [3.63, 3.8) is 0 Å². The van der Waals surface area contributed by atoms with Crippen LogP contribution in [0.15, 0.2) is 30.3 Å². The number of nitrogens with one attached hydrogen (secondary N) is 1. The van der Waals surface area contributed by atoms with Crippen molar-refractivity contribution < 1.29 is 4.74 Å². The lowest BCUT2D eigenvalue weighted by Gasteiger charge is -2.44. The third-order valence-corrected chi connectivity index (χ3v) is 3.60. The minimum Gasteiger partial charge on any atom is -0.624 e. The molecule has 0 aliphatic carbocycles. The first kappa shape index (κ1) is 14.1. The second-order valence-corrected chi connectivity index (χ2v) is 6.85. The monoisotopic (exact) mass is 260 g/mol. The summed E-state index contributed by atoms with van der Waals surface area (Å²) in [5.74, 6) is 0. The number of hydrogen-bond acceptors (Lipinski definition) is 2. The van der Waals surface area contributed by atoms with Crippen molar-refractivity contribution in [2.75, 3.05) is 0 Å². The number of rotatable bonds is 2. The van der Waals surface area contributed by atoms with Gasteiger partial charge < -0.3 is 10.5 Å². The highest BCUT2D eigenvalue weighted by Crippen LogP contribution is 2.29. The zero-order chi connectivity index (χ0) is 14.1. The van der Waals surface area contributed by atoms with Crippen molar-refractivity contribution in [2.24, 2.45) is 0 Å². The molecular weight excluding hydrogens is 236 g/mol. The van der Waals surface area contributed by atoms with Crippen LogP contribution in [0.2, 0.25) is 0 Å². The van der Waals surface area contributed by atoms with Crippen LogP contribution in [0.1, 0.15) is 46.1 Å². The van der Waals surface area contributed by atoms with E-state index in [2.05, 4.69) is 33.0 Å². The van der Waals surface area contributed by atoms with Gasteiger partial charge in [-0.05, 0) is 39.8 Å². The van der Waals surface area contributed by atoms with E-state index in [1.54, 1.807) is 6.21 Å². The van der Waals surface area contributed by atoms with Gasteiger partial charge in [-0.15, -0.1) is 0 Å². The highest BCUT2D eigenvalue weighted by molar-refractivity contribution is 5.75. The molecule has 0 aromatic heterocycles. The van der Waals surface area contributed by atoms with Crippen LogP contribution in [0, 0.1) is 5.21 Å². The predicted octanol–water partition coefficient (Wildman–Crippen LogP) is 2.93. The van der Waals surface area contributed by atoms with E-state index in [0.29, 0.717) is 0 Å². The smallest absolute Gasteiger partial charge is 0.182 e. The lowest BCUT2D eigenvalue weighted by Crippen LogP contribution is -2.60. The van der Waals surface area contributed by atoms with Crippen LogP contribution < -0.4 is 5.32 Å². The molecule has 0 atom stereocenters. The van der Waals surface area contributed by atoms with Gasteiger partial charge in [-0.25, -0.2) is 4.74 Å². The standard InChI is InChI=1S/C16H24N2O/c1-15(2)10-14(11-16(3,4)17-15)18(19)12-13-8-6-5-7-9-13/h5-9,12,14,17H,10-11H2,1-4H3. The minimum atomic E-state index is -0.000392. The summed E-state index contributed by atoms with van der Waals surface area (Å²) in [5, 5.41) is 16.0. The second kappa shape index (κ2) is 4.97. The average Bonchev–Trinajstić information content (AvgIpc) is 2.26. The third-order valence-electron chi connectivity index (χ3n) is 3.60. The molecule has 0 saturated carbocycles. The Labute approximate surface area is 115 Å². The van der Waals surface area contributed by atoms with Gasteiger partial charge in [0, 0.05) is 29.5 Å². The molecule has 3 nitrogen and oxygen atoms in total. The largest absolute Gasteiger partial charge is 0.624 e. The Morgan fingerprint density at radius 3 is 2.16 bits per heavy atom. The van der Waals surface area contributed by atoms with Gasteiger partial charge in [0.2, 0.25) is 0 Å². The van der Waals surface area contributed by atoms with Crippen LogP contribution >= 0.6 is 0 Å². The normalized spacial score (nSPS) is 23.3. The Morgan fingerprint density at radius 2 is 1.63 bits per heavy atom. The Kier molecular flexibility index (Phi) is 3.68. The van der Waals surface area contributed by atoms with Crippen LogP contribution in [0.3, 0.4) is 0 Å². The third kappa shape index (κ3) is 3.80. The maximum absolute atomic E-state index is 12.4. The molecule has 104 valence electrons. The summed E-state index contributed by atoms with van der Waals surface area (Å²) < 4.78 is 1.14. The summed E-state index contributed by atoms with van der Waals surface area (Å²) in [5.41, 5.74) is 0.964. The molecule has 0 spiro atoms. The molecule has 1 fully saturated rings. The van der Waals surface area contributed by atoms with Gasteiger partial charge in [-0.2, -0.15) is 0 Å². The lowest BCUT2D eigenvalue weighted by molar-refractivity contribution is -0.505. The molecule has 1 saturated heterocycles. The molecule has 0 amide bonds. The van der Waals surface area contributed by atoms with Crippen LogP contribution in [-0.2, 0) is 0 Å². The van der Waals surface area contributed by atoms with E-state index in [1.165, 1.54) is 0 Å². The summed E-state index contributed by atoms with van der Waals surface area (Å²) >= 11 is 0. The first-order valence-corrected chi connectivity index (χ1v) is 6.92. The Bertz CT molecular complexity index is 447. The molecule has 1 N–H and O–H groups in total. The van der Waals surface area contributed by atoms with Crippen molar-refractivity contribution in [1.82, 2.24) is 5.32 Å². The van der Waals surface area contributed by atoms with Gasteiger partial charge in [0.15, 0.2) is 12.3 Å². The molecule has 1 aromatic carbocycles. The first-order valence-electron chi connectivity index (χ1n) is 6.92. The fourth-order valence-electron chi connectivity index (χ4n) is 3.24. The van der Waals surface area contributed by atoms with Gasteiger partial charge in [0.1, 0.15) is 0 Å². The zero-order valence-electron chi connectivity index (χ0n) is 12.3. The molecule has 1 aliphatic heterocycles. The van der Waals surface area contributed by atoms with Gasteiger partial charge in [-0.1, -0.05) is 18.2 Å². The highest BCUT2D eigenvalue weighted by atomic mass is 16.5. The molecular formula is C16H24N2O. The van der Waals surface area contributed by atoms with Gasteiger partial charge in [0.25, 0.3) is 0 Å². The molecule has 0 bridgehead atoms. The topological polar surface area (TPSA) is 38.1 Å². The number of nitrogens with zero attached hydrogens (tertiary/aromatic N) is 1. The number of hydrogen-bond donors (Lipinski definition) is 1. The van der Waals surface area contributed by atoms with Crippen LogP contribution in [0.4, 0.5) is 0 Å². The second-order valence-electron chi connectivity index (χ2n) is 6.85. The van der Waals surface area contributed by atoms with E-state index in [0.717, 1.165) is 23.1 Å². The van der Waals surface area contributed by atoms with E-state index in [4.69, 9.17) is 0 Å². The van der Waals surface area contributed by atoms with E-state index in [-0.39, 0.29) is 17.1 Å². The summed E-state index contributed by atoms with van der Waals surface area (Å²) in [6, 6.07) is 9.83.